The van der Waals surface area contributed by atoms with Gasteiger partial charge in [-0.15, -0.1) is 0 Å². The van der Waals surface area contributed by atoms with Gasteiger partial charge in [0, 0.05) is 12.1 Å². The molecule has 0 saturated carbocycles. The maximum atomic E-state index is 13.9. The van der Waals surface area contributed by atoms with Gasteiger partial charge < -0.3 is 14.8 Å². The van der Waals surface area contributed by atoms with Gasteiger partial charge in [-0.1, -0.05) is 0 Å². The Kier molecular flexibility index (Phi) is 3.37. The van der Waals surface area contributed by atoms with Crippen molar-refractivity contribution in [1.82, 2.24) is 9.97 Å². The van der Waals surface area contributed by atoms with Crippen LogP contribution >= 0.6 is 0 Å². The van der Waals surface area contributed by atoms with E-state index in [1.54, 1.807) is 18.2 Å². The van der Waals surface area contributed by atoms with Crippen LogP contribution in [0.25, 0.3) is 11.3 Å². The van der Waals surface area contributed by atoms with Crippen molar-refractivity contribution in [2.24, 2.45) is 0 Å². The predicted molar refractivity (Wildman–Crippen MR) is 72.6 cm³/mol. The van der Waals surface area contributed by atoms with E-state index in [1.165, 1.54) is 0 Å². The molecule has 0 saturated heterocycles. The van der Waals surface area contributed by atoms with Crippen molar-refractivity contribution in [2.45, 2.75) is 6.92 Å². The summed E-state index contributed by atoms with van der Waals surface area (Å²) in [6.45, 7) is 3.62. The summed E-state index contributed by atoms with van der Waals surface area (Å²) in [6, 6.07) is 5.25. The SMILES string of the molecule is CCNc1ncc(F)c(-c2ccc3c(c2)OCCO3)n1. The lowest BCUT2D eigenvalue weighted by Crippen LogP contribution is -2.15. The number of ether oxygens (including phenoxy) is 2. The number of hydrogen-bond acceptors (Lipinski definition) is 5. The van der Waals surface area contributed by atoms with Crippen molar-refractivity contribution in [3.8, 4) is 22.8 Å². The molecule has 0 atom stereocenters. The fourth-order valence-corrected chi connectivity index (χ4v) is 2.00. The normalized spacial score (nSPS) is 13.1. The predicted octanol–water partition coefficient (Wildman–Crippen LogP) is 2.49. The number of fused-ring (bicyclic) bond motifs is 1. The van der Waals surface area contributed by atoms with Crippen LogP contribution in [0.15, 0.2) is 24.4 Å². The van der Waals surface area contributed by atoms with Crippen LogP contribution in [0.3, 0.4) is 0 Å². The van der Waals surface area contributed by atoms with E-state index in [0.717, 1.165) is 6.20 Å². The molecule has 0 radical (unpaired) electrons. The highest BCUT2D eigenvalue weighted by Crippen LogP contribution is 2.34. The monoisotopic (exact) mass is 275 g/mol. The Bertz CT molecular complexity index is 634. The van der Waals surface area contributed by atoms with Crippen LogP contribution in [0.2, 0.25) is 0 Å². The van der Waals surface area contributed by atoms with Gasteiger partial charge in [0.15, 0.2) is 17.3 Å². The molecule has 0 aliphatic carbocycles. The Morgan fingerprint density at radius 2 is 2.05 bits per heavy atom. The van der Waals surface area contributed by atoms with Crippen molar-refractivity contribution in [3.05, 3.63) is 30.2 Å². The quantitative estimate of drug-likeness (QED) is 0.932. The first kappa shape index (κ1) is 12.7. The largest absolute Gasteiger partial charge is 0.486 e. The van der Waals surface area contributed by atoms with Gasteiger partial charge in [0.25, 0.3) is 0 Å². The minimum absolute atomic E-state index is 0.243. The summed E-state index contributed by atoms with van der Waals surface area (Å²) in [4.78, 5) is 8.08. The zero-order valence-electron chi connectivity index (χ0n) is 11.0. The third-order valence-corrected chi connectivity index (χ3v) is 2.89. The molecular weight excluding hydrogens is 261 g/mol. The molecule has 5 nitrogen and oxygen atoms in total. The van der Waals surface area contributed by atoms with Gasteiger partial charge in [0.2, 0.25) is 5.95 Å². The molecule has 20 heavy (non-hydrogen) atoms. The average molecular weight is 275 g/mol. The van der Waals surface area contributed by atoms with E-state index < -0.39 is 5.82 Å². The van der Waals surface area contributed by atoms with Crippen LogP contribution in [0, 0.1) is 5.82 Å². The lowest BCUT2D eigenvalue weighted by Gasteiger charge is -2.18. The summed E-state index contributed by atoms with van der Waals surface area (Å²) in [5.74, 6) is 1.21. The van der Waals surface area contributed by atoms with Crippen LogP contribution in [-0.4, -0.2) is 29.7 Å². The maximum Gasteiger partial charge on any atom is 0.223 e. The number of nitrogens with zero attached hydrogens (tertiary/aromatic N) is 2. The summed E-state index contributed by atoms with van der Waals surface area (Å²) in [6.07, 6.45) is 1.16. The van der Waals surface area contributed by atoms with E-state index in [-0.39, 0.29) is 5.69 Å². The molecule has 0 unspecified atom stereocenters. The number of aromatic nitrogens is 2. The highest BCUT2D eigenvalue weighted by molar-refractivity contribution is 5.65. The molecule has 104 valence electrons. The summed E-state index contributed by atoms with van der Waals surface area (Å²) < 4.78 is 24.8. The highest BCUT2D eigenvalue weighted by atomic mass is 19.1. The van der Waals surface area contributed by atoms with Crippen LogP contribution in [0.5, 0.6) is 11.5 Å². The Morgan fingerprint density at radius 3 is 2.85 bits per heavy atom. The van der Waals surface area contributed by atoms with Crippen molar-refractivity contribution >= 4 is 5.95 Å². The number of rotatable bonds is 3. The fraction of sp³-hybridized carbons (Fsp3) is 0.286. The van der Waals surface area contributed by atoms with E-state index >= 15 is 0 Å². The molecule has 0 spiro atoms. The van der Waals surface area contributed by atoms with E-state index in [1.807, 2.05) is 6.92 Å². The van der Waals surface area contributed by atoms with Gasteiger partial charge in [-0.3, -0.25) is 0 Å². The van der Waals surface area contributed by atoms with E-state index in [0.29, 0.717) is 42.8 Å². The van der Waals surface area contributed by atoms with Crippen LogP contribution in [0.1, 0.15) is 6.92 Å². The lowest BCUT2D eigenvalue weighted by molar-refractivity contribution is 0.171. The molecule has 0 bridgehead atoms. The van der Waals surface area contributed by atoms with Crippen LogP contribution in [-0.2, 0) is 0 Å². The van der Waals surface area contributed by atoms with Gasteiger partial charge in [-0.2, -0.15) is 0 Å². The molecule has 0 amide bonds. The summed E-state index contributed by atoms with van der Waals surface area (Å²) >= 11 is 0. The van der Waals surface area contributed by atoms with Gasteiger partial charge >= 0.3 is 0 Å². The van der Waals surface area contributed by atoms with E-state index in [2.05, 4.69) is 15.3 Å². The van der Waals surface area contributed by atoms with E-state index in [4.69, 9.17) is 9.47 Å². The fourth-order valence-electron chi connectivity index (χ4n) is 2.00. The molecule has 1 N–H and O–H groups in total. The first-order valence-corrected chi connectivity index (χ1v) is 6.44. The molecule has 6 heteroatoms. The first-order valence-electron chi connectivity index (χ1n) is 6.44. The van der Waals surface area contributed by atoms with Crippen molar-refractivity contribution in [2.75, 3.05) is 25.1 Å². The molecule has 1 aliphatic heterocycles. The third kappa shape index (κ3) is 2.36. The molecule has 2 aromatic rings. The second-order valence-corrected chi connectivity index (χ2v) is 4.28. The molecule has 1 aromatic carbocycles. The van der Waals surface area contributed by atoms with Gasteiger partial charge in [-0.05, 0) is 25.1 Å². The molecule has 3 rings (SSSR count). The minimum atomic E-state index is -0.469. The maximum absolute atomic E-state index is 13.9. The number of benzene rings is 1. The summed E-state index contributed by atoms with van der Waals surface area (Å²) in [5.41, 5.74) is 0.876. The average Bonchev–Trinajstić information content (AvgIpc) is 2.49. The van der Waals surface area contributed by atoms with Crippen LogP contribution < -0.4 is 14.8 Å². The highest BCUT2D eigenvalue weighted by Gasteiger charge is 2.15. The number of hydrogen-bond donors (Lipinski definition) is 1. The molecular formula is C14H14FN3O2. The Hall–Kier alpha value is -2.37. The second-order valence-electron chi connectivity index (χ2n) is 4.28. The van der Waals surface area contributed by atoms with Crippen LogP contribution in [0.4, 0.5) is 10.3 Å². The summed E-state index contributed by atoms with van der Waals surface area (Å²) in [5, 5.41) is 2.96. The molecule has 1 aliphatic rings. The third-order valence-electron chi connectivity index (χ3n) is 2.89. The molecule has 0 fully saturated rings. The second kappa shape index (κ2) is 5.32. The lowest BCUT2D eigenvalue weighted by atomic mass is 10.1. The van der Waals surface area contributed by atoms with E-state index in [9.17, 15) is 4.39 Å². The Morgan fingerprint density at radius 1 is 1.25 bits per heavy atom. The summed E-state index contributed by atoms with van der Waals surface area (Å²) in [7, 11) is 0. The topological polar surface area (TPSA) is 56.3 Å². The number of nitrogens with one attached hydrogen (secondary N) is 1. The molecule has 2 heterocycles. The van der Waals surface area contributed by atoms with Crippen molar-refractivity contribution in [1.29, 1.82) is 0 Å². The van der Waals surface area contributed by atoms with Gasteiger partial charge in [0.1, 0.15) is 18.9 Å². The Balaban J connectivity index is 2.01. The number of anilines is 1. The standard InChI is InChI=1S/C14H14FN3O2/c1-2-16-14-17-8-10(15)13(18-14)9-3-4-11-12(7-9)20-6-5-19-11/h3-4,7-8H,2,5-6H2,1H3,(H,16,17,18). The van der Waals surface area contributed by atoms with Gasteiger partial charge in [0.05, 0.1) is 6.20 Å². The first-order chi connectivity index (χ1) is 9.78. The smallest absolute Gasteiger partial charge is 0.223 e. The van der Waals surface area contributed by atoms with Crippen molar-refractivity contribution < 1.29 is 13.9 Å². The molecule has 1 aromatic heterocycles. The minimum Gasteiger partial charge on any atom is -0.486 e. The Labute approximate surface area is 115 Å². The zero-order chi connectivity index (χ0) is 13.9. The zero-order valence-corrected chi connectivity index (χ0v) is 11.0. The van der Waals surface area contributed by atoms with Gasteiger partial charge in [-0.25, -0.2) is 14.4 Å². The van der Waals surface area contributed by atoms with Crippen molar-refractivity contribution in [3.63, 3.8) is 0 Å². The number of halogens is 1.